The monoisotopic (exact) mass is 422 g/mol. The number of nitrogens with one attached hydrogen (secondary N) is 3. The standard InChI is InChI=1S/C18H16Cl2N4O4/c1-21-17(26)18(27)24-22-9-11-3-2-4-13(7-11)28-10-16(25)23-12-5-6-14(19)15(20)8-12/h2-9H,10H2,1H3,(H,21,26)(H,23,25)(H,24,27)/b22-9-. The Morgan fingerprint density at radius 3 is 2.57 bits per heavy atom. The molecule has 0 aromatic heterocycles. The fourth-order valence-corrected chi connectivity index (χ4v) is 2.23. The summed E-state index contributed by atoms with van der Waals surface area (Å²) in [4.78, 5) is 34.3. The van der Waals surface area contributed by atoms with E-state index in [-0.39, 0.29) is 12.5 Å². The third kappa shape index (κ3) is 6.57. The van der Waals surface area contributed by atoms with Crippen LogP contribution in [0.5, 0.6) is 5.75 Å². The minimum atomic E-state index is -0.884. The zero-order valence-corrected chi connectivity index (χ0v) is 16.2. The molecule has 0 saturated carbocycles. The third-order valence-corrected chi connectivity index (χ3v) is 3.98. The summed E-state index contributed by atoms with van der Waals surface area (Å²) in [5, 5.41) is 9.21. The second-order valence-corrected chi connectivity index (χ2v) is 6.13. The summed E-state index contributed by atoms with van der Waals surface area (Å²) in [6.45, 7) is -0.228. The summed E-state index contributed by atoms with van der Waals surface area (Å²) in [6, 6.07) is 11.4. The summed E-state index contributed by atoms with van der Waals surface area (Å²) in [5.41, 5.74) is 3.17. The smallest absolute Gasteiger partial charge is 0.329 e. The Morgan fingerprint density at radius 2 is 1.86 bits per heavy atom. The summed E-state index contributed by atoms with van der Waals surface area (Å²) in [5.74, 6) is -1.64. The SMILES string of the molecule is CNC(=O)C(=O)N/N=C\c1cccc(OCC(=O)Nc2ccc(Cl)c(Cl)c2)c1. The molecule has 8 nitrogen and oxygen atoms in total. The molecule has 2 aromatic rings. The van der Waals surface area contributed by atoms with Crippen LogP contribution in [0.1, 0.15) is 5.56 Å². The first-order valence-electron chi connectivity index (χ1n) is 7.92. The van der Waals surface area contributed by atoms with Crippen LogP contribution in [0.15, 0.2) is 47.6 Å². The Bertz CT molecular complexity index is 918. The lowest BCUT2D eigenvalue weighted by atomic mass is 10.2. The topological polar surface area (TPSA) is 109 Å². The number of hydrogen-bond donors (Lipinski definition) is 3. The molecule has 0 saturated heterocycles. The van der Waals surface area contributed by atoms with Crippen LogP contribution in [0.25, 0.3) is 0 Å². The largest absolute Gasteiger partial charge is 0.484 e. The molecule has 0 aliphatic rings. The van der Waals surface area contributed by atoms with Gasteiger partial charge >= 0.3 is 11.8 Å². The zero-order valence-electron chi connectivity index (χ0n) is 14.7. The van der Waals surface area contributed by atoms with Gasteiger partial charge in [0, 0.05) is 12.7 Å². The number of carbonyl (C=O) groups excluding carboxylic acids is 3. The molecule has 2 rings (SSSR count). The minimum Gasteiger partial charge on any atom is -0.484 e. The Morgan fingerprint density at radius 1 is 1.07 bits per heavy atom. The first kappa shape index (κ1) is 21.2. The van der Waals surface area contributed by atoms with E-state index in [1.54, 1.807) is 36.4 Å². The third-order valence-electron chi connectivity index (χ3n) is 3.24. The van der Waals surface area contributed by atoms with Gasteiger partial charge in [0.1, 0.15) is 5.75 Å². The lowest BCUT2D eigenvalue weighted by Crippen LogP contribution is -2.35. The van der Waals surface area contributed by atoms with Gasteiger partial charge in [0.25, 0.3) is 5.91 Å². The number of ether oxygens (including phenoxy) is 1. The van der Waals surface area contributed by atoms with Crippen molar-refractivity contribution in [3.05, 3.63) is 58.1 Å². The van der Waals surface area contributed by atoms with Crippen LogP contribution in [0.2, 0.25) is 10.0 Å². The minimum absolute atomic E-state index is 0.228. The zero-order chi connectivity index (χ0) is 20.5. The van der Waals surface area contributed by atoms with Gasteiger partial charge < -0.3 is 15.4 Å². The molecular formula is C18H16Cl2N4O4. The van der Waals surface area contributed by atoms with Crippen molar-refractivity contribution in [3.8, 4) is 5.75 Å². The van der Waals surface area contributed by atoms with E-state index in [9.17, 15) is 14.4 Å². The van der Waals surface area contributed by atoms with Crippen molar-refractivity contribution >= 4 is 52.8 Å². The Kier molecular flexibility index (Phi) is 7.79. The fraction of sp³-hybridized carbons (Fsp3) is 0.111. The summed E-state index contributed by atoms with van der Waals surface area (Å²) in [7, 11) is 1.34. The molecule has 2 aromatic carbocycles. The van der Waals surface area contributed by atoms with Crippen molar-refractivity contribution in [3.63, 3.8) is 0 Å². The predicted molar refractivity (Wildman–Crippen MR) is 107 cm³/mol. The van der Waals surface area contributed by atoms with Gasteiger partial charge in [-0.1, -0.05) is 35.3 Å². The molecule has 0 bridgehead atoms. The van der Waals surface area contributed by atoms with Gasteiger partial charge in [0.05, 0.1) is 16.3 Å². The van der Waals surface area contributed by atoms with Crippen molar-refractivity contribution in [2.45, 2.75) is 0 Å². The summed E-state index contributed by atoms with van der Waals surface area (Å²) in [6.07, 6.45) is 1.34. The van der Waals surface area contributed by atoms with E-state index >= 15 is 0 Å². The van der Waals surface area contributed by atoms with Gasteiger partial charge in [-0.15, -0.1) is 0 Å². The van der Waals surface area contributed by atoms with E-state index in [4.69, 9.17) is 27.9 Å². The van der Waals surface area contributed by atoms with Gasteiger partial charge in [-0.3, -0.25) is 14.4 Å². The van der Waals surface area contributed by atoms with E-state index in [1.165, 1.54) is 19.3 Å². The fourth-order valence-electron chi connectivity index (χ4n) is 1.93. The molecule has 0 radical (unpaired) electrons. The maximum atomic E-state index is 12.0. The molecule has 28 heavy (non-hydrogen) atoms. The van der Waals surface area contributed by atoms with Crippen LogP contribution >= 0.6 is 23.2 Å². The quantitative estimate of drug-likeness (QED) is 0.376. The number of nitrogens with zero attached hydrogens (tertiary/aromatic N) is 1. The highest BCUT2D eigenvalue weighted by molar-refractivity contribution is 6.42. The second-order valence-electron chi connectivity index (χ2n) is 5.32. The van der Waals surface area contributed by atoms with Gasteiger partial charge in [0.2, 0.25) is 0 Å². The molecule has 0 aliphatic heterocycles. The molecular weight excluding hydrogens is 407 g/mol. The van der Waals surface area contributed by atoms with E-state index in [1.807, 2.05) is 0 Å². The Labute approximate surface area is 170 Å². The molecule has 3 N–H and O–H groups in total. The molecule has 0 spiro atoms. The molecule has 0 fully saturated rings. The average molecular weight is 423 g/mol. The van der Waals surface area contributed by atoms with Crippen LogP contribution in [0.4, 0.5) is 5.69 Å². The highest BCUT2D eigenvalue weighted by Gasteiger charge is 2.09. The molecule has 3 amide bonds. The van der Waals surface area contributed by atoms with E-state index in [0.29, 0.717) is 27.0 Å². The van der Waals surface area contributed by atoms with Crippen LogP contribution in [0.3, 0.4) is 0 Å². The lowest BCUT2D eigenvalue weighted by Gasteiger charge is -2.08. The number of anilines is 1. The van der Waals surface area contributed by atoms with Crippen molar-refractivity contribution < 1.29 is 19.1 Å². The number of amides is 3. The van der Waals surface area contributed by atoms with Gasteiger partial charge in [-0.25, -0.2) is 5.43 Å². The normalized spacial score (nSPS) is 10.4. The lowest BCUT2D eigenvalue weighted by molar-refractivity contribution is -0.138. The number of hydrogen-bond acceptors (Lipinski definition) is 5. The number of carbonyl (C=O) groups is 3. The second kappa shape index (κ2) is 10.3. The maximum absolute atomic E-state index is 12.0. The molecule has 146 valence electrons. The highest BCUT2D eigenvalue weighted by Crippen LogP contribution is 2.25. The highest BCUT2D eigenvalue weighted by atomic mass is 35.5. The summed E-state index contributed by atoms with van der Waals surface area (Å²) < 4.78 is 5.43. The van der Waals surface area contributed by atoms with E-state index in [2.05, 4.69) is 21.2 Å². The van der Waals surface area contributed by atoms with E-state index < -0.39 is 11.8 Å². The van der Waals surface area contributed by atoms with Gasteiger partial charge in [-0.2, -0.15) is 5.10 Å². The van der Waals surface area contributed by atoms with Crippen molar-refractivity contribution in [1.29, 1.82) is 0 Å². The number of halogens is 2. The number of hydrazone groups is 1. The van der Waals surface area contributed by atoms with Crippen LogP contribution in [-0.4, -0.2) is 37.6 Å². The molecule has 0 heterocycles. The molecule has 0 unspecified atom stereocenters. The first-order chi connectivity index (χ1) is 13.4. The van der Waals surface area contributed by atoms with Crippen molar-refractivity contribution in [1.82, 2.24) is 10.7 Å². The average Bonchev–Trinajstić information content (AvgIpc) is 2.69. The Balaban J connectivity index is 1.88. The van der Waals surface area contributed by atoms with Gasteiger partial charge in [0.15, 0.2) is 6.61 Å². The van der Waals surface area contributed by atoms with E-state index in [0.717, 1.165) is 0 Å². The number of benzene rings is 2. The van der Waals surface area contributed by atoms with Crippen LogP contribution in [0, 0.1) is 0 Å². The number of likely N-dealkylation sites (N-methyl/N-ethyl adjacent to an activating group) is 1. The molecule has 0 atom stereocenters. The van der Waals surface area contributed by atoms with Crippen LogP contribution < -0.4 is 20.8 Å². The van der Waals surface area contributed by atoms with Gasteiger partial charge in [-0.05, 0) is 35.9 Å². The summed E-state index contributed by atoms with van der Waals surface area (Å²) >= 11 is 11.7. The number of rotatable bonds is 6. The predicted octanol–water partition coefficient (Wildman–Crippen LogP) is 2.21. The molecule has 10 heteroatoms. The van der Waals surface area contributed by atoms with Crippen molar-refractivity contribution in [2.75, 3.05) is 19.0 Å². The van der Waals surface area contributed by atoms with Crippen LogP contribution in [-0.2, 0) is 14.4 Å². The Hall–Kier alpha value is -3.10. The maximum Gasteiger partial charge on any atom is 0.329 e. The van der Waals surface area contributed by atoms with Crippen molar-refractivity contribution in [2.24, 2.45) is 5.10 Å². The molecule has 0 aliphatic carbocycles. The first-order valence-corrected chi connectivity index (χ1v) is 8.67.